The number of carboxylic acid groups (broad SMARTS) is 1. The lowest BCUT2D eigenvalue weighted by molar-refractivity contribution is -0.136. The average Bonchev–Trinajstić information content (AvgIpc) is 2.71. The Labute approximate surface area is 102 Å². The van der Waals surface area contributed by atoms with E-state index in [0.29, 0.717) is 5.52 Å². The van der Waals surface area contributed by atoms with Crippen molar-refractivity contribution in [3.8, 4) is 0 Å². The molecule has 0 radical (unpaired) electrons. The molecular formula is C10H9NO4S2. The monoisotopic (exact) mass is 271 g/mol. The zero-order valence-electron chi connectivity index (χ0n) is 8.66. The van der Waals surface area contributed by atoms with Gasteiger partial charge in [0, 0.05) is 0 Å². The van der Waals surface area contributed by atoms with Crippen molar-refractivity contribution < 1.29 is 18.3 Å². The molecule has 0 amide bonds. The molecule has 0 saturated heterocycles. The van der Waals surface area contributed by atoms with Crippen molar-refractivity contribution in [2.75, 3.05) is 5.75 Å². The van der Waals surface area contributed by atoms with Gasteiger partial charge >= 0.3 is 5.97 Å². The SMILES string of the molecule is O=C(O)CCS(=O)(=O)c1nc2ccccc2s1. The summed E-state index contributed by atoms with van der Waals surface area (Å²) in [5, 5.41) is 8.48. The molecule has 0 aliphatic heterocycles. The van der Waals surface area contributed by atoms with Crippen LogP contribution in [0.25, 0.3) is 10.2 Å². The van der Waals surface area contributed by atoms with Gasteiger partial charge in [0.25, 0.3) is 0 Å². The number of sulfone groups is 1. The van der Waals surface area contributed by atoms with Crippen molar-refractivity contribution in [3.63, 3.8) is 0 Å². The number of benzene rings is 1. The minimum Gasteiger partial charge on any atom is -0.481 e. The smallest absolute Gasteiger partial charge is 0.304 e. The van der Waals surface area contributed by atoms with Gasteiger partial charge in [-0.15, -0.1) is 11.3 Å². The first-order chi connectivity index (χ1) is 7.99. The summed E-state index contributed by atoms with van der Waals surface area (Å²) < 4.78 is 24.3. The van der Waals surface area contributed by atoms with Gasteiger partial charge in [0.15, 0.2) is 0 Å². The van der Waals surface area contributed by atoms with E-state index >= 15 is 0 Å². The molecule has 0 spiro atoms. The van der Waals surface area contributed by atoms with E-state index in [4.69, 9.17) is 5.11 Å². The Morgan fingerprint density at radius 2 is 2.06 bits per heavy atom. The summed E-state index contributed by atoms with van der Waals surface area (Å²) in [4.78, 5) is 14.4. The Morgan fingerprint density at radius 3 is 2.71 bits per heavy atom. The molecule has 90 valence electrons. The van der Waals surface area contributed by atoms with Gasteiger partial charge in [-0.1, -0.05) is 12.1 Å². The van der Waals surface area contributed by atoms with E-state index in [9.17, 15) is 13.2 Å². The standard InChI is InChI=1S/C10H9NO4S2/c12-9(13)5-6-17(14,15)10-11-7-3-1-2-4-8(7)16-10/h1-4H,5-6H2,(H,12,13). The molecule has 1 aromatic carbocycles. The minimum atomic E-state index is -3.59. The van der Waals surface area contributed by atoms with Crippen LogP contribution in [0.4, 0.5) is 0 Å². The first-order valence-corrected chi connectivity index (χ1v) is 7.26. The van der Waals surface area contributed by atoms with E-state index < -0.39 is 28.0 Å². The lowest BCUT2D eigenvalue weighted by Crippen LogP contribution is -2.10. The Kier molecular flexibility index (Phi) is 3.12. The summed E-state index contributed by atoms with van der Waals surface area (Å²) in [5.74, 6) is -1.54. The van der Waals surface area contributed by atoms with Gasteiger partial charge in [0.2, 0.25) is 14.2 Å². The van der Waals surface area contributed by atoms with Crippen LogP contribution in [-0.4, -0.2) is 30.2 Å². The fourth-order valence-electron chi connectivity index (χ4n) is 1.29. The second-order valence-electron chi connectivity index (χ2n) is 3.41. The molecule has 0 aliphatic rings. The zero-order valence-corrected chi connectivity index (χ0v) is 10.3. The highest BCUT2D eigenvalue weighted by molar-refractivity contribution is 7.93. The topological polar surface area (TPSA) is 84.3 Å². The van der Waals surface area contributed by atoms with E-state index in [2.05, 4.69) is 4.98 Å². The van der Waals surface area contributed by atoms with Gasteiger partial charge in [-0.2, -0.15) is 0 Å². The molecule has 17 heavy (non-hydrogen) atoms. The second kappa shape index (κ2) is 4.42. The van der Waals surface area contributed by atoms with Crippen LogP contribution in [0.5, 0.6) is 0 Å². The number of aliphatic carboxylic acids is 1. The van der Waals surface area contributed by atoms with E-state index in [0.717, 1.165) is 16.0 Å². The van der Waals surface area contributed by atoms with Gasteiger partial charge < -0.3 is 5.11 Å². The summed E-state index contributed by atoms with van der Waals surface area (Å²) in [6.07, 6.45) is -0.405. The van der Waals surface area contributed by atoms with Crippen molar-refractivity contribution in [1.82, 2.24) is 4.98 Å². The van der Waals surface area contributed by atoms with E-state index in [1.54, 1.807) is 24.3 Å². The van der Waals surface area contributed by atoms with E-state index in [-0.39, 0.29) is 4.34 Å². The molecule has 5 nitrogen and oxygen atoms in total. The number of aromatic nitrogens is 1. The van der Waals surface area contributed by atoms with Crippen LogP contribution in [-0.2, 0) is 14.6 Å². The van der Waals surface area contributed by atoms with Crippen molar-refractivity contribution in [1.29, 1.82) is 0 Å². The summed E-state index contributed by atoms with van der Waals surface area (Å²) in [6, 6.07) is 7.08. The van der Waals surface area contributed by atoms with Gasteiger partial charge in [-0.3, -0.25) is 4.79 Å². The minimum absolute atomic E-state index is 0.0139. The Hall–Kier alpha value is -1.47. The molecule has 0 unspecified atom stereocenters. The normalized spacial score (nSPS) is 11.8. The number of hydrogen-bond donors (Lipinski definition) is 1. The van der Waals surface area contributed by atoms with Crippen LogP contribution in [0.3, 0.4) is 0 Å². The highest BCUT2D eigenvalue weighted by Gasteiger charge is 2.20. The molecular weight excluding hydrogens is 262 g/mol. The van der Waals surface area contributed by atoms with Crippen molar-refractivity contribution in [2.45, 2.75) is 10.8 Å². The van der Waals surface area contributed by atoms with Crippen LogP contribution in [0.15, 0.2) is 28.6 Å². The molecule has 0 saturated carbocycles. The van der Waals surface area contributed by atoms with Crippen LogP contribution >= 0.6 is 11.3 Å². The van der Waals surface area contributed by atoms with Crippen LogP contribution < -0.4 is 0 Å². The predicted molar refractivity (Wildman–Crippen MR) is 63.9 cm³/mol. The fraction of sp³-hybridized carbons (Fsp3) is 0.200. The maximum atomic E-state index is 11.8. The lowest BCUT2D eigenvalue weighted by atomic mass is 10.3. The van der Waals surface area contributed by atoms with Crippen molar-refractivity contribution in [3.05, 3.63) is 24.3 Å². The highest BCUT2D eigenvalue weighted by Crippen LogP contribution is 2.25. The predicted octanol–water partition coefficient (Wildman–Crippen LogP) is 1.54. The molecule has 0 fully saturated rings. The number of para-hydroxylation sites is 1. The maximum Gasteiger partial charge on any atom is 0.304 e. The van der Waals surface area contributed by atoms with E-state index in [1.807, 2.05) is 0 Å². The van der Waals surface area contributed by atoms with Crippen molar-refractivity contribution >= 4 is 37.4 Å². The van der Waals surface area contributed by atoms with Gasteiger partial charge in [0.1, 0.15) is 0 Å². The summed E-state index contributed by atoms with van der Waals surface area (Å²) >= 11 is 1.06. The quantitative estimate of drug-likeness (QED) is 0.911. The maximum absolute atomic E-state index is 11.8. The lowest BCUT2D eigenvalue weighted by Gasteiger charge is -1.96. The molecule has 1 N–H and O–H groups in total. The summed E-state index contributed by atoms with van der Waals surface area (Å²) in [6.45, 7) is 0. The molecule has 2 aromatic rings. The first-order valence-electron chi connectivity index (χ1n) is 4.79. The molecule has 0 bridgehead atoms. The Morgan fingerprint density at radius 1 is 1.35 bits per heavy atom. The van der Waals surface area contributed by atoms with E-state index in [1.165, 1.54) is 0 Å². The van der Waals surface area contributed by atoms with Gasteiger partial charge in [-0.25, -0.2) is 13.4 Å². The number of hydrogen-bond acceptors (Lipinski definition) is 5. The van der Waals surface area contributed by atoms with Gasteiger partial charge in [-0.05, 0) is 12.1 Å². The van der Waals surface area contributed by atoms with Crippen LogP contribution in [0, 0.1) is 0 Å². The number of rotatable bonds is 4. The first kappa shape index (κ1) is 12.0. The number of carbonyl (C=O) groups is 1. The Bertz CT molecular complexity index is 627. The van der Waals surface area contributed by atoms with Crippen LogP contribution in [0.2, 0.25) is 0 Å². The van der Waals surface area contributed by atoms with Crippen molar-refractivity contribution in [2.24, 2.45) is 0 Å². The molecule has 0 aliphatic carbocycles. The number of carboxylic acids is 1. The molecule has 2 rings (SSSR count). The number of fused-ring (bicyclic) bond motifs is 1. The van der Waals surface area contributed by atoms with Crippen LogP contribution in [0.1, 0.15) is 6.42 Å². The summed E-state index contributed by atoms with van der Waals surface area (Å²) in [7, 11) is -3.59. The zero-order chi connectivity index (χ0) is 12.5. The third-order valence-corrected chi connectivity index (χ3v) is 5.33. The summed E-state index contributed by atoms with van der Waals surface area (Å²) in [5.41, 5.74) is 0.617. The largest absolute Gasteiger partial charge is 0.481 e. The fourth-order valence-corrected chi connectivity index (χ4v) is 3.87. The number of thiazole rings is 1. The molecule has 7 heteroatoms. The molecule has 1 heterocycles. The third kappa shape index (κ3) is 2.62. The second-order valence-corrected chi connectivity index (χ2v) is 6.72. The molecule has 1 aromatic heterocycles. The molecule has 0 atom stereocenters. The van der Waals surface area contributed by atoms with Gasteiger partial charge in [0.05, 0.1) is 22.4 Å². The highest BCUT2D eigenvalue weighted by atomic mass is 32.2. The third-order valence-electron chi connectivity index (χ3n) is 2.12. The Balaban J connectivity index is 2.35. The average molecular weight is 271 g/mol. The number of nitrogens with zero attached hydrogens (tertiary/aromatic N) is 1.